The van der Waals surface area contributed by atoms with Gasteiger partial charge in [0.25, 0.3) is 0 Å². The fraction of sp³-hybridized carbons (Fsp3) is 0.500. The third-order valence-electron chi connectivity index (χ3n) is 2.17. The molecule has 0 radical (unpaired) electrons. The third kappa shape index (κ3) is 2.09. The zero-order valence-corrected chi connectivity index (χ0v) is 7.93. The van der Waals surface area contributed by atoms with E-state index in [0.717, 1.165) is 12.1 Å². The Morgan fingerprint density at radius 2 is 2.43 bits per heavy atom. The van der Waals surface area contributed by atoms with Crippen LogP contribution in [0.3, 0.4) is 0 Å². The summed E-state index contributed by atoms with van der Waals surface area (Å²) in [5, 5.41) is 0. The van der Waals surface area contributed by atoms with Crippen molar-refractivity contribution in [3.8, 4) is 0 Å². The first-order valence-electron chi connectivity index (χ1n) is 4.78. The molecule has 2 atom stereocenters. The van der Waals surface area contributed by atoms with Crippen LogP contribution in [0.1, 0.15) is 18.2 Å². The molecule has 1 aromatic heterocycles. The van der Waals surface area contributed by atoms with Gasteiger partial charge in [0.15, 0.2) is 6.29 Å². The Labute approximate surface area is 83.0 Å². The summed E-state index contributed by atoms with van der Waals surface area (Å²) < 4.78 is 11.0. The maximum Gasteiger partial charge on any atom is 0.159 e. The lowest BCUT2D eigenvalue weighted by Crippen LogP contribution is -2.14. The summed E-state index contributed by atoms with van der Waals surface area (Å²) in [5.74, 6) is 0. The summed E-state index contributed by atoms with van der Waals surface area (Å²) >= 11 is 0. The molecule has 14 heavy (non-hydrogen) atoms. The SMILES string of the molecule is NCCC1OCC(c2ccccn2)O1. The van der Waals surface area contributed by atoms with Gasteiger partial charge in [-0.2, -0.15) is 0 Å². The summed E-state index contributed by atoms with van der Waals surface area (Å²) in [4.78, 5) is 4.22. The summed E-state index contributed by atoms with van der Waals surface area (Å²) in [5.41, 5.74) is 6.34. The Bertz CT molecular complexity index is 279. The second-order valence-corrected chi connectivity index (χ2v) is 3.22. The normalized spacial score (nSPS) is 26.6. The smallest absolute Gasteiger partial charge is 0.159 e. The average Bonchev–Trinajstić information content (AvgIpc) is 2.68. The second-order valence-electron chi connectivity index (χ2n) is 3.22. The molecule has 1 saturated heterocycles. The highest BCUT2D eigenvalue weighted by atomic mass is 16.7. The molecule has 1 aliphatic rings. The quantitative estimate of drug-likeness (QED) is 0.774. The van der Waals surface area contributed by atoms with Crippen molar-refractivity contribution >= 4 is 0 Å². The molecule has 0 spiro atoms. The number of hydrogen-bond acceptors (Lipinski definition) is 4. The highest BCUT2D eigenvalue weighted by Gasteiger charge is 2.27. The number of aromatic nitrogens is 1. The summed E-state index contributed by atoms with van der Waals surface area (Å²) in [6.45, 7) is 1.15. The maximum absolute atomic E-state index is 5.62. The van der Waals surface area contributed by atoms with Crippen molar-refractivity contribution in [3.63, 3.8) is 0 Å². The van der Waals surface area contributed by atoms with E-state index < -0.39 is 0 Å². The van der Waals surface area contributed by atoms with Crippen molar-refractivity contribution in [2.75, 3.05) is 13.2 Å². The lowest BCUT2D eigenvalue weighted by atomic mass is 10.2. The summed E-state index contributed by atoms with van der Waals surface area (Å²) in [7, 11) is 0. The first-order valence-corrected chi connectivity index (χ1v) is 4.78. The first kappa shape index (κ1) is 9.58. The van der Waals surface area contributed by atoms with Crippen LogP contribution in [0.5, 0.6) is 0 Å². The predicted octanol–water partition coefficient (Wildman–Crippen LogP) is 0.844. The van der Waals surface area contributed by atoms with Crippen LogP contribution in [0, 0.1) is 0 Å². The van der Waals surface area contributed by atoms with Crippen molar-refractivity contribution in [1.82, 2.24) is 4.98 Å². The maximum atomic E-state index is 5.62. The largest absolute Gasteiger partial charge is 0.349 e. The van der Waals surface area contributed by atoms with E-state index >= 15 is 0 Å². The fourth-order valence-electron chi connectivity index (χ4n) is 1.47. The lowest BCUT2D eigenvalue weighted by molar-refractivity contribution is -0.0612. The van der Waals surface area contributed by atoms with E-state index in [9.17, 15) is 0 Å². The van der Waals surface area contributed by atoms with Crippen molar-refractivity contribution in [3.05, 3.63) is 30.1 Å². The third-order valence-corrected chi connectivity index (χ3v) is 2.17. The topological polar surface area (TPSA) is 57.4 Å². The monoisotopic (exact) mass is 194 g/mol. The Morgan fingerprint density at radius 3 is 3.14 bits per heavy atom. The van der Waals surface area contributed by atoms with Crippen LogP contribution in [-0.2, 0) is 9.47 Å². The fourth-order valence-corrected chi connectivity index (χ4v) is 1.47. The molecule has 1 aromatic rings. The molecule has 0 aliphatic carbocycles. The van der Waals surface area contributed by atoms with E-state index in [1.165, 1.54) is 0 Å². The van der Waals surface area contributed by atoms with Gasteiger partial charge in [0.2, 0.25) is 0 Å². The molecule has 2 heterocycles. The number of nitrogens with two attached hydrogens (primary N) is 1. The molecule has 2 rings (SSSR count). The number of pyridine rings is 1. The second kappa shape index (κ2) is 4.50. The Hall–Kier alpha value is -0.970. The van der Waals surface area contributed by atoms with Gasteiger partial charge in [0.1, 0.15) is 6.10 Å². The zero-order chi connectivity index (χ0) is 9.80. The van der Waals surface area contributed by atoms with Crippen molar-refractivity contribution in [1.29, 1.82) is 0 Å². The molecule has 4 nitrogen and oxygen atoms in total. The van der Waals surface area contributed by atoms with E-state index in [-0.39, 0.29) is 12.4 Å². The van der Waals surface area contributed by atoms with Gasteiger partial charge in [0, 0.05) is 12.6 Å². The Kier molecular flexibility index (Phi) is 3.08. The summed E-state index contributed by atoms with van der Waals surface area (Å²) in [6.07, 6.45) is 2.30. The van der Waals surface area contributed by atoms with Gasteiger partial charge in [0.05, 0.1) is 12.3 Å². The number of ether oxygens (including phenoxy) is 2. The summed E-state index contributed by atoms with van der Waals surface area (Å²) in [6, 6.07) is 5.78. The van der Waals surface area contributed by atoms with Gasteiger partial charge in [-0.05, 0) is 18.7 Å². The van der Waals surface area contributed by atoms with E-state index in [4.69, 9.17) is 15.2 Å². The van der Waals surface area contributed by atoms with Crippen molar-refractivity contribution < 1.29 is 9.47 Å². The zero-order valence-electron chi connectivity index (χ0n) is 7.93. The predicted molar refractivity (Wildman–Crippen MR) is 51.5 cm³/mol. The number of rotatable bonds is 3. The molecular weight excluding hydrogens is 180 g/mol. The Balaban J connectivity index is 1.96. The van der Waals surface area contributed by atoms with Crippen LogP contribution in [0.15, 0.2) is 24.4 Å². The van der Waals surface area contributed by atoms with Crippen LogP contribution >= 0.6 is 0 Å². The molecule has 0 bridgehead atoms. The van der Waals surface area contributed by atoms with E-state index in [0.29, 0.717) is 13.2 Å². The highest BCUT2D eigenvalue weighted by Crippen LogP contribution is 2.25. The lowest BCUT2D eigenvalue weighted by Gasteiger charge is -2.09. The van der Waals surface area contributed by atoms with Crippen LogP contribution in [0.2, 0.25) is 0 Å². The molecular formula is C10H14N2O2. The molecule has 0 saturated carbocycles. The standard InChI is InChI=1S/C10H14N2O2/c11-5-4-10-13-7-9(14-10)8-3-1-2-6-12-8/h1-3,6,9-10H,4-5,7,11H2. The minimum atomic E-state index is -0.160. The van der Waals surface area contributed by atoms with Gasteiger partial charge in [-0.15, -0.1) is 0 Å². The van der Waals surface area contributed by atoms with E-state index in [2.05, 4.69) is 4.98 Å². The van der Waals surface area contributed by atoms with E-state index in [1.807, 2.05) is 18.2 Å². The van der Waals surface area contributed by atoms with Gasteiger partial charge >= 0.3 is 0 Å². The van der Waals surface area contributed by atoms with Gasteiger partial charge in [-0.25, -0.2) is 0 Å². The molecule has 1 aliphatic heterocycles. The minimum Gasteiger partial charge on any atom is -0.349 e. The average molecular weight is 194 g/mol. The molecule has 76 valence electrons. The number of nitrogens with zero attached hydrogens (tertiary/aromatic N) is 1. The molecule has 2 unspecified atom stereocenters. The van der Waals surface area contributed by atoms with Gasteiger partial charge in [-0.1, -0.05) is 6.07 Å². The number of hydrogen-bond donors (Lipinski definition) is 1. The van der Waals surface area contributed by atoms with Crippen molar-refractivity contribution in [2.24, 2.45) is 5.73 Å². The minimum absolute atomic E-state index is 0.0345. The van der Waals surface area contributed by atoms with Crippen LogP contribution in [-0.4, -0.2) is 24.4 Å². The van der Waals surface area contributed by atoms with Crippen molar-refractivity contribution in [2.45, 2.75) is 18.8 Å². The highest BCUT2D eigenvalue weighted by molar-refractivity contribution is 5.07. The van der Waals surface area contributed by atoms with Crippen LogP contribution < -0.4 is 5.73 Å². The molecule has 4 heteroatoms. The van der Waals surface area contributed by atoms with Gasteiger partial charge in [-0.3, -0.25) is 4.98 Å². The van der Waals surface area contributed by atoms with Crippen LogP contribution in [0.25, 0.3) is 0 Å². The van der Waals surface area contributed by atoms with Crippen LogP contribution in [0.4, 0.5) is 0 Å². The molecule has 2 N–H and O–H groups in total. The molecule has 0 aromatic carbocycles. The van der Waals surface area contributed by atoms with E-state index in [1.54, 1.807) is 6.20 Å². The van der Waals surface area contributed by atoms with Gasteiger partial charge < -0.3 is 15.2 Å². The molecule has 0 amide bonds. The molecule has 1 fully saturated rings. The first-order chi connectivity index (χ1) is 6.90. The Morgan fingerprint density at radius 1 is 1.50 bits per heavy atom.